The molecule has 1 atom stereocenters. The van der Waals surface area contributed by atoms with Crippen LogP contribution in [0.15, 0.2) is 36.7 Å². The van der Waals surface area contributed by atoms with Crippen molar-refractivity contribution >= 4 is 29.0 Å². The molecule has 3 heterocycles. The molecular formula is C21H21N5O2. The smallest absolute Gasteiger partial charge is 0.247 e. The molecule has 1 N–H and O–H groups in total. The summed E-state index contributed by atoms with van der Waals surface area (Å²) in [7, 11) is 0. The molecule has 142 valence electrons. The number of ketones is 1. The number of amides is 1. The first kappa shape index (κ1) is 18.1. The van der Waals surface area contributed by atoms with Gasteiger partial charge in [0.2, 0.25) is 5.91 Å². The lowest BCUT2D eigenvalue weighted by molar-refractivity contribution is -0.123. The van der Waals surface area contributed by atoms with Crippen LogP contribution in [-0.2, 0) is 4.79 Å². The van der Waals surface area contributed by atoms with E-state index in [0.717, 1.165) is 12.8 Å². The van der Waals surface area contributed by atoms with Crippen LogP contribution in [0.2, 0.25) is 0 Å². The first-order chi connectivity index (χ1) is 13.6. The van der Waals surface area contributed by atoms with Gasteiger partial charge in [0.15, 0.2) is 5.78 Å². The van der Waals surface area contributed by atoms with Crippen molar-refractivity contribution in [2.45, 2.75) is 32.6 Å². The van der Waals surface area contributed by atoms with Crippen LogP contribution in [0.25, 0.3) is 0 Å². The van der Waals surface area contributed by atoms with Crippen molar-refractivity contribution in [3.8, 4) is 6.07 Å². The normalized spacial score (nSPS) is 21.4. The van der Waals surface area contributed by atoms with E-state index in [9.17, 15) is 14.9 Å². The molecule has 0 spiro atoms. The molecule has 0 unspecified atom stereocenters. The Labute approximate surface area is 163 Å². The summed E-state index contributed by atoms with van der Waals surface area (Å²) in [6.07, 6.45) is 6.10. The summed E-state index contributed by atoms with van der Waals surface area (Å²) in [5.74, 6) is 1.17. The first-order valence-corrected chi connectivity index (χ1v) is 9.53. The zero-order valence-electron chi connectivity index (χ0n) is 15.7. The molecule has 7 heteroatoms. The molecule has 1 amide bonds. The van der Waals surface area contributed by atoms with Crippen molar-refractivity contribution < 1.29 is 9.59 Å². The van der Waals surface area contributed by atoms with Crippen LogP contribution >= 0.6 is 0 Å². The number of aromatic nitrogens is 2. The number of hydrogen-bond acceptors (Lipinski definition) is 6. The number of pyridine rings is 2. The third-order valence-corrected chi connectivity index (χ3v) is 5.54. The number of nitrogens with zero attached hydrogens (tertiary/aromatic N) is 4. The van der Waals surface area contributed by atoms with Crippen molar-refractivity contribution in [2.75, 3.05) is 16.8 Å². The van der Waals surface area contributed by atoms with E-state index in [1.807, 2.05) is 6.92 Å². The van der Waals surface area contributed by atoms with Gasteiger partial charge in [0.25, 0.3) is 0 Å². The summed E-state index contributed by atoms with van der Waals surface area (Å²) in [6, 6.07) is 9.22. The third kappa shape index (κ3) is 3.11. The van der Waals surface area contributed by atoms with Crippen LogP contribution in [0.1, 0.15) is 43.0 Å². The number of Topliss-reactive ketones (excluding diaryl/α,β-unsaturated/α-hetero) is 1. The standard InChI is InChI=1S/C21H21N5O2/c1-2-17(27)14-5-8-23-18(11-14)25-19-12-16(6-9-24-19)26-10-7-21(13-22,20(26)28)15-3-4-15/h5-6,8-9,11-12,15H,2-4,7,10H2,1H3,(H,23,24,25)/t21-/m1/s1. The molecule has 2 aromatic rings. The van der Waals surface area contributed by atoms with E-state index in [-0.39, 0.29) is 17.6 Å². The zero-order chi connectivity index (χ0) is 19.7. The molecule has 0 bridgehead atoms. The molecule has 2 aromatic heterocycles. The largest absolute Gasteiger partial charge is 0.325 e. The number of anilines is 3. The molecule has 0 radical (unpaired) electrons. The number of rotatable bonds is 6. The van der Waals surface area contributed by atoms with Gasteiger partial charge in [0.1, 0.15) is 17.1 Å². The number of nitriles is 1. The second-order valence-corrected chi connectivity index (χ2v) is 7.29. The van der Waals surface area contributed by atoms with Crippen molar-refractivity contribution in [1.29, 1.82) is 5.26 Å². The van der Waals surface area contributed by atoms with E-state index in [4.69, 9.17) is 0 Å². The highest BCUT2D eigenvalue weighted by atomic mass is 16.2. The van der Waals surface area contributed by atoms with E-state index in [1.54, 1.807) is 41.6 Å². The van der Waals surface area contributed by atoms with Crippen molar-refractivity contribution in [3.05, 3.63) is 42.2 Å². The summed E-state index contributed by atoms with van der Waals surface area (Å²) in [5, 5.41) is 12.7. The average Bonchev–Trinajstić information content (AvgIpc) is 3.52. The minimum Gasteiger partial charge on any atom is -0.325 e. The number of carbonyl (C=O) groups excluding carboxylic acids is 2. The van der Waals surface area contributed by atoms with Gasteiger partial charge >= 0.3 is 0 Å². The van der Waals surface area contributed by atoms with Crippen LogP contribution < -0.4 is 10.2 Å². The number of carbonyl (C=O) groups is 2. The summed E-state index contributed by atoms with van der Waals surface area (Å²) < 4.78 is 0. The lowest BCUT2D eigenvalue weighted by atomic mass is 9.83. The third-order valence-electron chi connectivity index (χ3n) is 5.54. The zero-order valence-corrected chi connectivity index (χ0v) is 15.7. The Morgan fingerprint density at radius 2 is 2.00 bits per heavy atom. The van der Waals surface area contributed by atoms with Gasteiger partial charge in [-0.05, 0) is 43.4 Å². The maximum Gasteiger partial charge on any atom is 0.247 e. The summed E-state index contributed by atoms with van der Waals surface area (Å²) in [5.41, 5.74) is 0.433. The minimum absolute atomic E-state index is 0.0442. The van der Waals surface area contributed by atoms with Crippen molar-refractivity contribution in [1.82, 2.24) is 9.97 Å². The van der Waals surface area contributed by atoms with Crippen LogP contribution in [0.4, 0.5) is 17.3 Å². The predicted molar refractivity (Wildman–Crippen MR) is 104 cm³/mol. The molecule has 4 rings (SSSR count). The Bertz CT molecular complexity index is 979. The topological polar surface area (TPSA) is 99.0 Å². The molecule has 28 heavy (non-hydrogen) atoms. The Morgan fingerprint density at radius 3 is 2.68 bits per heavy atom. The molecule has 2 aliphatic rings. The maximum atomic E-state index is 13.0. The second-order valence-electron chi connectivity index (χ2n) is 7.29. The highest BCUT2D eigenvalue weighted by molar-refractivity contribution is 6.02. The van der Waals surface area contributed by atoms with Crippen LogP contribution in [-0.4, -0.2) is 28.2 Å². The molecule has 1 saturated carbocycles. The molecule has 7 nitrogen and oxygen atoms in total. The van der Waals surface area contributed by atoms with E-state index >= 15 is 0 Å². The first-order valence-electron chi connectivity index (χ1n) is 9.53. The molecule has 1 aliphatic carbocycles. The van der Waals surface area contributed by atoms with Gasteiger partial charge in [-0.3, -0.25) is 9.59 Å². The van der Waals surface area contributed by atoms with Crippen LogP contribution in [0, 0.1) is 22.7 Å². The van der Waals surface area contributed by atoms with Gasteiger partial charge in [0, 0.05) is 42.7 Å². The van der Waals surface area contributed by atoms with Crippen molar-refractivity contribution in [3.63, 3.8) is 0 Å². The lowest BCUT2D eigenvalue weighted by Crippen LogP contribution is -2.35. The monoisotopic (exact) mass is 375 g/mol. The molecular weight excluding hydrogens is 354 g/mol. The fraction of sp³-hybridized carbons (Fsp3) is 0.381. The summed E-state index contributed by atoms with van der Waals surface area (Å²) in [6.45, 7) is 2.35. The van der Waals surface area contributed by atoms with E-state index in [1.165, 1.54) is 0 Å². The van der Waals surface area contributed by atoms with Crippen LogP contribution in [0.3, 0.4) is 0 Å². The molecule has 1 saturated heterocycles. The Hall–Kier alpha value is -3.27. The van der Waals surface area contributed by atoms with Gasteiger partial charge in [0.05, 0.1) is 6.07 Å². The second kappa shape index (κ2) is 7.04. The summed E-state index contributed by atoms with van der Waals surface area (Å²) >= 11 is 0. The quantitative estimate of drug-likeness (QED) is 0.776. The fourth-order valence-electron chi connectivity index (χ4n) is 3.80. The lowest BCUT2D eigenvalue weighted by Gasteiger charge is -2.21. The highest BCUT2D eigenvalue weighted by Crippen LogP contribution is 2.51. The molecule has 1 aliphatic heterocycles. The minimum atomic E-state index is -0.868. The Balaban J connectivity index is 1.55. The number of hydrogen-bond donors (Lipinski definition) is 1. The molecule has 0 aromatic carbocycles. The Kier molecular flexibility index (Phi) is 4.55. The van der Waals surface area contributed by atoms with Gasteiger partial charge in [-0.25, -0.2) is 9.97 Å². The summed E-state index contributed by atoms with van der Waals surface area (Å²) in [4.78, 5) is 35.1. The SMILES string of the molecule is CCC(=O)c1ccnc(Nc2cc(N3CC[C@@](C#N)(C4CC4)C3=O)ccn2)c1. The highest BCUT2D eigenvalue weighted by Gasteiger charge is 2.56. The van der Waals surface area contributed by atoms with E-state index < -0.39 is 5.41 Å². The molecule has 2 fully saturated rings. The van der Waals surface area contributed by atoms with Gasteiger partial charge in [-0.15, -0.1) is 0 Å². The van der Waals surface area contributed by atoms with E-state index in [0.29, 0.717) is 42.3 Å². The Morgan fingerprint density at radius 1 is 1.29 bits per heavy atom. The van der Waals surface area contributed by atoms with Crippen molar-refractivity contribution in [2.24, 2.45) is 11.3 Å². The average molecular weight is 375 g/mol. The van der Waals surface area contributed by atoms with Gasteiger partial charge < -0.3 is 10.2 Å². The van der Waals surface area contributed by atoms with E-state index in [2.05, 4.69) is 21.4 Å². The fourth-order valence-corrected chi connectivity index (χ4v) is 3.80. The van der Waals surface area contributed by atoms with Gasteiger partial charge in [-0.1, -0.05) is 6.92 Å². The van der Waals surface area contributed by atoms with Crippen LogP contribution in [0.5, 0.6) is 0 Å². The van der Waals surface area contributed by atoms with Gasteiger partial charge in [-0.2, -0.15) is 5.26 Å². The maximum absolute atomic E-state index is 13.0. The number of nitrogens with one attached hydrogen (secondary N) is 1. The predicted octanol–water partition coefficient (Wildman–Crippen LogP) is 3.47.